The van der Waals surface area contributed by atoms with Gasteiger partial charge in [-0.15, -0.1) is 0 Å². The molecular formula is C16H16FN3S. The van der Waals surface area contributed by atoms with Crippen molar-refractivity contribution in [3.63, 3.8) is 0 Å². The summed E-state index contributed by atoms with van der Waals surface area (Å²) in [5, 5.41) is 7.49. The predicted octanol–water partition coefficient (Wildman–Crippen LogP) is 3.13. The van der Waals surface area contributed by atoms with E-state index >= 15 is 0 Å². The van der Waals surface area contributed by atoms with Crippen molar-refractivity contribution in [2.75, 3.05) is 0 Å². The molecule has 0 spiro atoms. The SMILES string of the molecule is Cc1cccc(/C=N\NC(=S)NCc2ccc(F)cc2)c1. The summed E-state index contributed by atoms with van der Waals surface area (Å²) >= 11 is 5.11. The predicted molar refractivity (Wildman–Crippen MR) is 87.7 cm³/mol. The monoisotopic (exact) mass is 301 g/mol. The van der Waals surface area contributed by atoms with Crippen LogP contribution in [-0.2, 0) is 6.54 Å². The van der Waals surface area contributed by atoms with Gasteiger partial charge in [-0.2, -0.15) is 5.10 Å². The molecule has 2 aromatic carbocycles. The summed E-state index contributed by atoms with van der Waals surface area (Å²) in [5.41, 5.74) is 5.88. The zero-order valence-electron chi connectivity index (χ0n) is 11.6. The zero-order valence-corrected chi connectivity index (χ0v) is 12.5. The van der Waals surface area contributed by atoms with Crippen molar-refractivity contribution in [2.24, 2.45) is 5.10 Å². The maximum absolute atomic E-state index is 12.8. The second-order valence-corrected chi connectivity index (χ2v) is 5.00. The van der Waals surface area contributed by atoms with Gasteiger partial charge in [-0.3, -0.25) is 5.43 Å². The summed E-state index contributed by atoms with van der Waals surface area (Å²) in [6.45, 7) is 2.55. The maximum Gasteiger partial charge on any atom is 0.187 e. The largest absolute Gasteiger partial charge is 0.357 e. The Morgan fingerprint density at radius 1 is 1.24 bits per heavy atom. The van der Waals surface area contributed by atoms with E-state index in [2.05, 4.69) is 15.8 Å². The molecule has 0 radical (unpaired) electrons. The third kappa shape index (κ3) is 5.31. The van der Waals surface area contributed by atoms with Gasteiger partial charge in [0.1, 0.15) is 5.82 Å². The molecule has 0 saturated carbocycles. The lowest BCUT2D eigenvalue weighted by Crippen LogP contribution is -2.31. The highest BCUT2D eigenvalue weighted by molar-refractivity contribution is 7.80. The first-order valence-corrected chi connectivity index (χ1v) is 6.92. The average molecular weight is 301 g/mol. The Hall–Kier alpha value is -2.27. The number of hydrogen-bond donors (Lipinski definition) is 2. The Balaban J connectivity index is 1.78. The van der Waals surface area contributed by atoms with Crippen molar-refractivity contribution in [3.8, 4) is 0 Å². The van der Waals surface area contributed by atoms with Gasteiger partial charge in [-0.05, 0) is 42.4 Å². The van der Waals surface area contributed by atoms with Gasteiger partial charge in [-0.25, -0.2) is 4.39 Å². The van der Waals surface area contributed by atoms with Crippen molar-refractivity contribution in [2.45, 2.75) is 13.5 Å². The van der Waals surface area contributed by atoms with Crippen LogP contribution in [0.2, 0.25) is 0 Å². The van der Waals surface area contributed by atoms with Gasteiger partial charge in [0.2, 0.25) is 0 Å². The summed E-state index contributed by atoms with van der Waals surface area (Å²) < 4.78 is 12.8. The highest BCUT2D eigenvalue weighted by Gasteiger charge is 1.96. The number of nitrogens with one attached hydrogen (secondary N) is 2. The third-order valence-electron chi connectivity index (χ3n) is 2.79. The first-order chi connectivity index (χ1) is 10.1. The van der Waals surface area contributed by atoms with Crippen LogP contribution in [0.15, 0.2) is 53.6 Å². The molecule has 5 heteroatoms. The topological polar surface area (TPSA) is 36.4 Å². The normalized spacial score (nSPS) is 10.6. The Kier molecular flexibility index (Phi) is 5.40. The standard InChI is InChI=1S/C16H16FN3S/c1-12-3-2-4-14(9-12)11-19-20-16(21)18-10-13-5-7-15(17)8-6-13/h2-9,11H,10H2,1H3,(H2,18,20,21)/b19-11-. The molecule has 2 N–H and O–H groups in total. The van der Waals surface area contributed by atoms with E-state index < -0.39 is 0 Å². The van der Waals surface area contributed by atoms with E-state index in [1.807, 2.05) is 31.2 Å². The molecule has 0 aliphatic heterocycles. The molecule has 2 rings (SSSR count). The summed E-state index contributed by atoms with van der Waals surface area (Å²) in [6, 6.07) is 14.3. The lowest BCUT2D eigenvalue weighted by Gasteiger charge is -2.06. The molecule has 21 heavy (non-hydrogen) atoms. The molecule has 0 aromatic heterocycles. The molecule has 0 heterocycles. The molecule has 0 fully saturated rings. The number of halogens is 1. The van der Waals surface area contributed by atoms with Crippen molar-refractivity contribution in [1.82, 2.24) is 10.7 Å². The highest BCUT2D eigenvalue weighted by atomic mass is 32.1. The van der Waals surface area contributed by atoms with Crippen molar-refractivity contribution in [1.29, 1.82) is 0 Å². The van der Waals surface area contributed by atoms with Crippen molar-refractivity contribution in [3.05, 3.63) is 71.0 Å². The molecule has 0 saturated heterocycles. The second-order valence-electron chi connectivity index (χ2n) is 4.59. The van der Waals surface area contributed by atoms with Gasteiger partial charge >= 0.3 is 0 Å². The molecule has 2 aromatic rings. The molecule has 0 aliphatic carbocycles. The Morgan fingerprint density at radius 3 is 2.71 bits per heavy atom. The fourth-order valence-corrected chi connectivity index (χ4v) is 1.86. The van der Waals surface area contributed by atoms with E-state index in [4.69, 9.17) is 12.2 Å². The van der Waals surface area contributed by atoms with Crippen molar-refractivity contribution < 1.29 is 4.39 Å². The molecule has 3 nitrogen and oxygen atoms in total. The minimum Gasteiger partial charge on any atom is -0.357 e. The van der Waals surface area contributed by atoms with Gasteiger partial charge in [0.15, 0.2) is 5.11 Å². The van der Waals surface area contributed by atoms with E-state index in [1.54, 1.807) is 18.3 Å². The first kappa shape index (κ1) is 15.1. The Morgan fingerprint density at radius 2 is 2.00 bits per heavy atom. The van der Waals surface area contributed by atoms with Crippen molar-refractivity contribution >= 4 is 23.5 Å². The number of thiocarbonyl (C=S) groups is 1. The van der Waals surface area contributed by atoms with E-state index in [9.17, 15) is 4.39 Å². The van der Waals surface area contributed by atoms with Gasteiger partial charge in [0.25, 0.3) is 0 Å². The van der Waals surface area contributed by atoms with Crippen LogP contribution >= 0.6 is 12.2 Å². The minimum absolute atomic E-state index is 0.248. The van der Waals surface area contributed by atoms with Crippen LogP contribution < -0.4 is 10.7 Å². The quantitative estimate of drug-likeness (QED) is 0.517. The fourth-order valence-electron chi connectivity index (χ4n) is 1.74. The van der Waals surface area contributed by atoms with E-state index in [-0.39, 0.29) is 5.82 Å². The van der Waals surface area contributed by atoms with Crippen LogP contribution in [0.3, 0.4) is 0 Å². The molecule has 0 aliphatic rings. The van der Waals surface area contributed by atoms with Crippen LogP contribution in [0.4, 0.5) is 4.39 Å². The lowest BCUT2D eigenvalue weighted by atomic mass is 10.2. The summed E-state index contributed by atoms with van der Waals surface area (Å²) in [4.78, 5) is 0. The average Bonchev–Trinajstić information content (AvgIpc) is 2.47. The van der Waals surface area contributed by atoms with Gasteiger partial charge in [0, 0.05) is 6.54 Å². The number of aryl methyl sites for hydroxylation is 1. The van der Waals surface area contributed by atoms with E-state index in [1.165, 1.54) is 17.7 Å². The van der Waals surface area contributed by atoms with Gasteiger partial charge in [-0.1, -0.05) is 42.0 Å². The Labute approximate surface area is 128 Å². The van der Waals surface area contributed by atoms with Gasteiger partial charge in [0.05, 0.1) is 6.21 Å². The van der Waals surface area contributed by atoms with Crippen LogP contribution in [0.1, 0.15) is 16.7 Å². The maximum atomic E-state index is 12.8. The number of rotatable bonds is 4. The number of benzene rings is 2. The molecule has 0 amide bonds. The number of hydrazone groups is 1. The third-order valence-corrected chi connectivity index (χ3v) is 3.02. The Bertz CT molecular complexity index is 638. The minimum atomic E-state index is -0.248. The van der Waals surface area contributed by atoms with Gasteiger partial charge < -0.3 is 5.32 Å². The molecule has 0 unspecified atom stereocenters. The highest BCUT2D eigenvalue weighted by Crippen LogP contribution is 2.02. The van der Waals surface area contributed by atoms with Crippen LogP contribution in [0.25, 0.3) is 0 Å². The van der Waals surface area contributed by atoms with Crippen LogP contribution in [0.5, 0.6) is 0 Å². The smallest absolute Gasteiger partial charge is 0.187 e. The van der Waals surface area contributed by atoms with Crippen LogP contribution in [-0.4, -0.2) is 11.3 Å². The fraction of sp³-hybridized carbons (Fsp3) is 0.125. The number of hydrogen-bond acceptors (Lipinski definition) is 2. The zero-order chi connectivity index (χ0) is 15.1. The molecular weight excluding hydrogens is 285 g/mol. The van der Waals surface area contributed by atoms with E-state index in [0.717, 1.165) is 11.1 Å². The summed E-state index contributed by atoms with van der Waals surface area (Å²) in [5.74, 6) is -0.248. The second kappa shape index (κ2) is 7.50. The molecule has 108 valence electrons. The molecule has 0 bridgehead atoms. The van der Waals surface area contributed by atoms with E-state index in [0.29, 0.717) is 11.7 Å². The molecule has 0 atom stereocenters. The summed E-state index contributed by atoms with van der Waals surface area (Å²) in [6.07, 6.45) is 1.71. The van der Waals surface area contributed by atoms with Crippen LogP contribution in [0, 0.1) is 12.7 Å². The number of nitrogens with zero attached hydrogens (tertiary/aromatic N) is 1. The summed E-state index contributed by atoms with van der Waals surface area (Å²) in [7, 11) is 0. The lowest BCUT2D eigenvalue weighted by molar-refractivity contribution is 0.626. The first-order valence-electron chi connectivity index (χ1n) is 6.51.